The lowest BCUT2D eigenvalue weighted by molar-refractivity contribution is 0.100. The van der Waals surface area contributed by atoms with E-state index in [0.29, 0.717) is 11.1 Å². The summed E-state index contributed by atoms with van der Waals surface area (Å²) >= 11 is 0. The monoisotopic (exact) mass is 302 g/mol. The minimum absolute atomic E-state index is 0.0533. The zero-order valence-electron chi connectivity index (χ0n) is 15.3. The highest BCUT2D eigenvalue weighted by Gasteiger charge is 2.03. The van der Waals surface area contributed by atoms with E-state index >= 15 is 0 Å². The Bertz CT molecular complexity index is 530. The van der Waals surface area contributed by atoms with Crippen LogP contribution in [0.15, 0.2) is 36.4 Å². The molecule has 2 rings (SSSR count). The largest absolute Gasteiger partial charge is 0.295 e. The summed E-state index contributed by atoms with van der Waals surface area (Å²) in [6.45, 7) is 15.1. The molecule has 0 heterocycles. The Labute approximate surface area is 135 Å². The van der Waals surface area contributed by atoms with Crippen molar-refractivity contribution >= 4 is 22.3 Å². The number of hydrogen-bond donors (Lipinski definition) is 0. The molecule has 2 heteroatoms. The molecular formula is C20H30O2. The van der Waals surface area contributed by atoms with Gasteiger partial charge in [-0.05, 0) is 36.8 Å². The Kier molecular flexibility index (Phi) is 12.9. The van der Waals surface area contributed by atoms with E-state index in [1.165, 1.54) is 0 Å². The Morgan fingerprint density at radius 2 is 0.864 bits per heavy atom. The number of Topliss-reactive ketones (excluding diaryl/α,β-unsaturated/α-hetero) is 2. The fraction of sp³-hybridized carbons (Fsp3) is 0.400. The molecule has 22 heavy (non-hydrogen) atoms. The number of fused-ring (bicyclic) bond motifs is 1. The molecule has 0 atom stereocenters. The van der Waals surface area contributed by atoms with E-state index in [0.717, 1.165) is 10.8 Å². The van der Waals surface area contributed by atoms with E-state index in [4.69, 9.17) is 0 Å². The van der Waals surface area contributed by atoms with Crippen LogP contribution in [-0.2, 0) is 0 Å². The van der Waals surface area contributed by atoms with Gasteiger partial charge in [0, 0.05) is 11.1 Å². The SMILES string of the molecule is CC.CC.CC.CC(=O)c1ccc2cc(C(C)=O)ccc2c1. The minimum atomic E-state index is 0.0533. The molecule has 0 aliphatic carbocycles. The summed E-state index contributed by atoms with van der Waals surface area (Å²) in [4.78, 5) is 22.4. The quantitative estimate of drug-likeness (QED) is 0.608. The summed E-state index contributed by atoms with van der Waals surface area (Å²) in [5.41, 5.74) is 1.39. The predicted molar refractivity (Wildman–Crippen MR) is 98.0 cm³/mol. The fourth-order valence-corrected chi connectivity index (χ4v) is 1.68. The van der Waals surface area contributed by atoms with Gasteiger partial charge in [-0.3, -0.25) is 9.59 Å². The lowest BCUT2D eigenvalue weighted by atomic mass is 10.0. The van der Waals surface area contributed by atoms with Crippen LogP contribution in [0.3, 0.4) is 0 Å². The van der Waals surface area contributed by atoms with Crippen molar-refractivity contribution in [2.75, 3.05) is 0 Å². The first-order valence-corrected chi connectivity index (χ1v) is 8.13. The van der Waals surface area contributed by atoms with E-state index in [2.05, 4.69) is 0 Å². The summed E-state index contributed by atoms with van der Waals surface area (Å²) in [6, 6.07) is 11.0. The Balaban J connectivity index is 0. The smallest absolute Gasteiger partial charge is 0.159 e. The third-order valence-electron chi connectivity index (χ3n) is 2.65. The molecule has 2 aromatic carbocycles. The lowest BCUT2D eigenvalue weighted by Crippen LogP contribution is -1.93. The van der Waals surface area contributed by atoms with Gasteiger partial charge in [0.15, 0.2) is 11.6 Å². The zero-order valence-corrected chi connectivity index (χ0v) is 15.3. The fourth-order valence-electron chi connectivity index (χ4n) is 1.68. The van der Waals surface area contributed by atoms with Crippen molar-refractivity contribution in [2.24, 2.45) is 0 Å². The summed E-state index contributed by atoms with van der Waals surface area (Å²) in [7, 11) is 0. The summed E-state index contributed by atoms with van der Waals surface area (Å²) in [5, 5.41) is 1.97. The maximum absolute atomic E-state index is 11.2. The van der Waals surface area contributed by atoms with Crippen molar-refractivity contribution in [3.05, 3.63) is 47.5 Å². The molecule has 0 saturated heterocycles. The highest BCUT2D eigenvalue weighted by Crippen LogP contribution is 2.18. The molecule has 0 unspecified atom stereocenters. The maximum atomic E-state index is 11.2. The normalized spacial score (nSPS) is 8.36. The average molecular weight is 302 g/mol. The number of carbonyl (C=O) groups is 2. The second kappa shape index (κ2) is 12.8. The molecule has 122 valence electrons. The molecule has 0 bridgehead atoms. The van der Waals surface area contributed by atoms with Crippen LogP contribution in [0.4, 0.5) is 0 Å². The van der Waals surface area contributed by atoms with Crippen LogP contribution in [0, 0.1) is 0 Å². The Morgan fingerprint density at radius 3 is 1.09 bits per heavy atom. The third kappa shape index (κ3) is 6.66. The molecule has 2 nitrogen and oxygen atoms in total. The van der Waals surface area contributed by atoms with Crippen molar-refractivity contribution in [2.45, 2.75) is 55.4 Å². The average Bonchev–Trinajstić information content (AvgIpc) is 2.59. The first kappa shape index (κ1) is 22.3. The number of carbonyl (C=O) groups excluding carboxylic acids is 2. The van der Waals surface area contributed by atoms with Crippen LogP contribution in [0.5, 0.6) is 0 Å². The van der Waals surface area contributed by atoms with Crippen LogP contribution >= 0.6 is 0 Å². The first-order chi connectivity index (χ1) is 10.6. The van der Waals surface area contributed by atoms with Gasteiger partial charge in [0.05, 0.1) is 0 Å². The van der Waals surface area contributed by atoms with Gasteiger partial charge in [-0.2, -0.15) is 0 Å². The summed E-state index contributed by atoms with van der Waals surface area (Å²) < 4.78 is 0. The predicted octanol–water partition coefficient (Wildman–Crippen LogP) is 6.32. The van der Waals surface area contributed by atoms with Crippen LogP contribution in [-0.4, -0.2) is 11.6 Å². The van der Waals surface area contributed by atoms with E-state index in [1.54, 1.807) is 26.0 Å². The molecule has 0 N–H and O–H groups in total. The first-order valence-electron chi connectivity index (χ1n) is 8.13. The van der Waals surface area contributed by atoms with Crippen molar-refractivity contribution < 1.29 is 9.59 Å². The van der Waals surface area contributed by atoms with Gasteiger partial charge in [0.2, 0.25) is 0 Å². The van der Waals surface area contributed by atoms with E-state index in [-0.39, 0.29) is 11.6 Å². The molecule has 0 saturated carbocycles. The summed E-state index contributed by atoms with van der Waals surface area (Å²) in [5.74, 6) is 0.107. The standard InChI is InChI=1S/C14H12O2.3C2H6/c1-9(15)11-3-5-14-8-12(10(2)16)4-6-13(14)7-11;3*1-2/h3-8H,1-2H3;3*1-2H3. The zero-order chi connectivity index (χ0) is 17.7. The number of benzene rings is 2. The van der Waals surface area contributed by atoms with Crippen LogP contribution < -0.4 is 0 Å². The molecule has 0 radical (unpaired) electrons. The van der Waals surface area contributed by atoms with Gasteiger partial charge in [-0.15, -0.1) is 0 Å². The molecule has 0 spiro atoms. The van der Waals surface area contributed by atoms with E-state index in [1.807, 2.05) is 65.8 Å². The van der Waals surface area contributed by atoms with E-state index in [9.17, 15) is 9.59 Å². The second-order valence-electron chi connectivity index (χ2n) is 3.89. The van der Waals surface area contributed by atoms with Crippen molar-refractivity contribution in [3.63, 3.8) is 0 Å². The van der Waals surface area contributed by atoms with Crippen LogP contribution in [0.25, 0.3) is 10.8 Å². The number of ketones is 2. The molecule has 0 aliphatic heterocycles. The lowest BCUT2D eigenvalue weighted by Gasteiger charge is -2.02. The Morgan fingerprint density at radius 1 is 0.591 bits per heavy atom. The molecule has 0 fully saturated rings. The van der Waals surface area contributed by atoms with Crippen LogP contribution in [0.2, 0.25) is 0 Å². The van der Waals surface area contributed by atoms with Crippen molar-refractivity contribution in [1.29, 1.82) is 0 Å². The van der Waals surface area contributed by atoms with Gasteiger partial charge in [-0.1, -0.05) is 65.8 Å². The molecule has 0 aliphatic rings. The van der Waals surface area contributed by atoms with Gasteiger partial charge in [0.25, 0.3) is 0 Å². The highest BCUT2D eigenvalue weighted by molar-refractivity contribution is 6.01. The van der Waals surface area contributed by atoms with Gasteiger partial charge in [0.1, 0.15) is 0 Å². The molecule has 2 aromatic rings. The molecular weight excluding hydrogens is 272 g/mol. The van der Waals surface area contributed by atoms with Gasteiger partial charge < -0.3 is 0 Å². The molecule has 0 amide bonds. The van der Waals surface area contributed by atoms with Crippen LogP contribution in [0.1, 0.15) is 76.1 Å². The van der Waals surface area contributed by atoms with Crippen molar-refractivity contribution in [3.8, 4) is 0 Å². The minimum Gasteiger partial charge on any atom is -0.295 e. The topological polar surface area (TPSA) is 34.1 Å². The maximum Gasteiger partial charge on any atom is 0.159 e. The second-order valence-corrected chi connectivity index (χ2v) is 3.89. The highest BCUT2D eigenvalue weighted by atomic mass is 16.1. The third-order valence-corrected chi connectivity index (χ3v) is 2.65. The van der Waals surface area contributed by atoms with Crippen molar-refractivity contribution in [1.82, 2.24) is 0 Å². The van der Waals surface area contributed by atoms with Gasteiger partial charge in [-0.25, -0.2) is 0 Å². The van der Waals surface area contributed by atoms with E-state index < -0.39 is 0 Å². The Hall–Kier alpha value is -1.96. The summed E-state index contributed by atoms with van der Waals surface area (Å²) in [6.07, 6.45) is 0. The number of rotatable bonds is 2. The van der Waals surface area contributed by atoms with Gasteiger partial charge >= 0.3 is 0 Å². The molecule has 0 aromatic heterocycles. The number of hydrogen-bond acceptors (Lipinski definition) is 2.